The molecular formula is C27H31N5O2. The summed E-state index contributed by atoms with van der Waals surface area (Å²) in [5.41, 5.74) is 2.83. The smallest absolute Gasteiger partial charge is 0.332 e. The Balaban J connectivity index is 1.27. The van der Waals surface area contributed by atoms with Gasteiger partial charge in [0, 0.05) is 45.0 Å². The Morgan fingerprint density at radius 1 is 0.882 bits per heavy atom. The predicted octanol–water partition coefficient (Wildman–Crippen LogP) is 3.98. The van der Waals surface area contributed by atoms with Crippen molar-refractivity contribution < 1.29 is 9.59 Å². The normalized spacial score (nSPS) is 20.4. The van der Waals surface area contributed by atoms with E-state index in [0.29, 0.717) is 30.6 Å². The monoisotopic (exact) mass is 457 g/mol. The summed E-state index contributed by atoms with van der Waals surface area (Å²) in [5.74, 6) is -0.140. The Kier molecular flexibility index (Phi) is 6.01. The number of carbonyl (C=O) groups excluding carboxylic acids is 2. The molecule has 176 valence electrons. The minimum Gasteiger partial charge on any atom is -0.372 e. The van der Waals surface area contributed by atoms with Crippen molar-refractivity contribution in [2.75, 3.05) is 42.5 Å². The Bertz CT molecular complexity index is 1090. The van der Waals surface area contributed by atoms with Crippen molar-refractivity contribution in [1.82, 2.24) is 9.80 Å². The molecule has 0 aliphatic carbocycles. The summed E-state index contributed by atoms with van der Waals surface area (Å²) in [6, 6.07) is 17.4. The lowest BCUT2D eigenvalue weighted by atomic mass is 9.85. The van der Waals surface area contributed by atoms with E-state index in [2.05, 4.69) is 40.1 Å². The summed E-state index contributed by atoms with van der Waals surface area (Å²) >= 11 is 0. The largest absolute Gasteiger partial charge is 0.372 e. The van der Waals surface area contributed by atoms with Gasteiger partial charge in [0.2, 0.25) is 0 Å². The van der Waals surface area contributed by atoms with Crippen LogP contribution in [-0.4, -0.2) is 60.0 Å². The van der Waals surface area contributed by atoms with E-state index in [1.165, 1.54) is 29.0 Å². The van der Waals surface area contributed by atoms with Crippen LogP contribution in [0.15, 0.2) is 48.5 Å². The number of piperidine rings is 1. The second-order valence-electron chi connectivity index (χ2n) is 9.49. The van der Waals surface area contributed by atoms with Crippen molar-refractivity contribution in [3.63, 3.8) is 0 Å². The first-order chi connectivity index (χ1) is 16.6. The van der Waals surface area contributed by atoms with Gasteiger partial charge < -0.3 is 9.80 Å². The molecule has 0 aromatic heterocycles. The molecule has 3 aliphatic rings. The third-order valence-electron chi connectivity index (χ3n) is 7.61. The topological polar surface area (TPSA) is 70.9 Å². The molecule has 3 amide bonds. The predicted molar refractivity (Wildman–Crippen MR) is 132 cm³/mol. The van der Waals surface area contributed by atoms with Gasteiger partial charge in [0.1, 0.15) is 5.54 Å². The number of likely N-dealkylation sites (N-methyl/N-ethyl adjacent to an activating group) is 1. The molecular weight excluding hydrogens is 426 g/mol. The molecule has 5 rings (SSSR count). The zero-order chi connectivity index (χ0) is 23.7. The van der Waals surface area contributed by atoms with Gasteiger partial charge in [0.25, 0.3) is 5.91 Å². The van der Waals surface area contributed by atoms with E-state index in [1.807, 2.05) is 6.92 Å². The van der Waals surface area contributed by atoms with Gasteiger partial charge in [-0.3, -0.25) is 9.69 Å². The Labute approximate surface area is 201 Å². The number of urea groups is 1. The summed E-state index contributed by atoms with van der Waals surface area (Å²) in [4.78, 5) is 34.7. The van der Waals surface area contributed by atoms with Crippen molar-refractivity contribution in [2.45, 2.75) is 44.7 Å². The lowest BCUT2D eigenvalue weighted by Crippen LogP contribution is -2.56. The molecule has 2 aromatic carbocycles. The van der Waals surface area contributed by atoms with Gasteiger partial charge in [-0.15, -0.1) is 0 Å². The lowest BCUT2D eigenvalue weighted by Gasteiger charge is -2.41. The zero-order valence-corrected chi connectivity index (χ0v) is 19.7. The van der Waals surface area contributed by atoms with Crippen molar-refractivity contribution >= 4 is 23.3 Å². The third kappa shape index (κ3) is 3.82. The first kappa shape index (κ1) is 22.4. The number of nitriles is 1. The van der Waals surface area contributed by atoms with Crippen LogP contribution < -0.4 is 9.80 Å². The molecule has 1 spiro atoms. The van der Waals surface area contributed by atoms with Gasteiger partial charge >= 0.3 is 6.03 Å². The highest BCUT2D eigenvalue weighted by Gasteiger charge is 2.57. The first-order valence-corrected chi connectivity index (χ1v) is 12.3. The second kappa shape index (κ2) is 9.11. The fourth-order valence-electron chi connectivity index (χ4n) is 5.68. The molecule has 3 fully saturated rings. The number of hydrogen-bond donors (Lipinski definition) is 0. The molecule has 0 N–H and O–H groups in total. The van der Waals surface area contributed by atoms with Gasteiger partial charge in [-0.25, -0.2) is 9.69 Å². The number of carbonyl (C=O) groups is 2. The number of imide groups is 1. The molecule has 34 heavy (non-hydrogen) atoms. The van der Waals surface area contributed by atoms with Crippen LogP contribution >= 0.6 is 0 Å². The maximum absolute atomic E-state index is 13.6. The van der Waals surface area contributed by atoms with Crippen LogP contribution in [0.25, 0.3) is 0 Å². The molecule has 0 atom stereocenters. The van der Waals surface area contributed by atoms with Crippen LogP contribution in [0, 0.1) is 11.3 Å². The van der Waals surface area contributed by atoms with Crippen molar-refractivity contribution in [3.8, 4) is 6.07 Å². The van der Waals surface area contributed by atoms with Crippen LogP contribution in [0.2, 0.25) is 0 Å². The highest BCUT2D eigenvalue weighted by Crippen LogP contribution is 2.39. The minimum atomic E-state index is -0.782. The number of nitrogens with zero attached hydrogens (tertiary/aromatic N) is 5. The van der Waals surface area contributed by atoms with E-state index < -0.39 is 5.54 Å². The van der Waals surface area contributed by atoms with Crippen LogP contribution in [0.3, 0.4) is 0 Å². The van der Waals surface area contributed by atoms with Gasteiger partial charge in [-0.2, -0.15) is 5.26 Å². The lowest BCUT2D eigenvalue weighted by molar-refractivity contribution is -0.127. The van der Waals surface area contributed by atoms with Crippen LogP contribution in [0.5, 0.6) is 0 Å². The standard InChI is InChI=1S/C27H31N5O2/c1-2-31-26(34)32(24-11-5-21(19-28)6-12-24)25(33)27(31)13-17-29(18-14-27)20-22-7-9-23(10-8-22)30-15-3-4-16-30/h5-12H,2-4,13-18,20H2,1H3. The van der Waals surface area contributed by atoms with Gasteiger partial charge in [-0.1, -0.05) is 12.1 Å². The summed E-state index contributed by atoms with van der Waals surface area (Å²) in [7, 11) is 0. The molecule has 0 radical (unpaired) electrons. The maximum atomic E-state index is 13.6. The van der Waals surface area contributed by atoms with Gasteiger partial charge in [0.05, 0.1) is 17.3 Å². The highest BCUT2D eigenvalue weighted by molar-refractivity contribution is 6.23. The summed E-state index contributed by atoms with van der Waals surface area (Å²) in [5, 5.41) is 9.06. The van der Waals surface area contributed by atoms with Gasteiger partial charge in [-0.05, 0) is 74.6 Å². The number of amides is 3. The van der Waals surface area contributed by atoms with E-state index in [0.717, 1.165) is 32.7 Å². The molecule has 0 saturated carbocycles. The quantitative estimate of drug-likeness (QED) is 0.635. The molecule has 0 unspecified atom stereocenters. The molecule has 0 bridgehead atoms. The number of anilines is 2. The average Bonchev–Trinajstić information content (AvgIpc) is 3.47. The van der Waals surface area contributed by atoms with E-state index in [9.17, 15) is 9.59 Å². The first-order valence-electron chi connectivity index (χ1n) is 12.3. The SMILES string of the molecule is CCN1C(=O)N(c2ccc(C#N)cc2)C(=O)C12CCN(Cc1ccc(N3CCCC3)cc1)CC2. The Hall–Kier alpha value is -3.37. The van der Waals surface area contributed by atoms with Crippen molar-refractivity contribution in [2.24, 2.45) is 0 Å². The molecule has 3 heterocycles. The summed E-state index contributed by atoms with van der Waals surface area (Å²) in [6.07, 6.45) is 3.81. The number of hydrogen-bond acceptors (Lipinski definition) is 5. The van der Waals surface area contributed by atoms with Crippen LogP contribution in [0.4, 0.5) is 16.2 Å². The Morgan fingerprint density at radius 3 is 2.09 bits per heavy atom. The molecule has 3 saturated heterocycles. The summed E-state index contributed by atoms with van der Waals surface area (Å²) < 4.78 is 0. The minimum absolute atomic E-state index is 0.140. The fourth-order valence-corrected chi connectivity index (χ4v) is 5.68. The number of likely N-dealkylation sites (tertiary alicyclic amines) is 1. The van der Waals surface area contributed by atoms with Crippen molar-refractivity contribution in [3.05, 3.63) is 59.7 Å². The second-order valence-corrected chi connectivity index (χ2v) is 9.49. The average molecular weight is 458 g/mol. The number of rotatable bonds is 5. The molecule has 2 aromatic rings. The number of benzene rings is 2. The maximum Gasteiger partial charge on any atom is 0.332 e. The Morgan fingerprint density at radius 2 is 1.50 bits per heavy atom. The van der Waals surface area contributed by atoms with Crippen molar-refractivity contribution in [1.29, 1.82) is 5.26 Å². The third-order valence-corrected chi connectivity index (χ3v) is 7.61. The van der Waals surface area contributed by atoms with Gasteiger partial charge in [0.15, 0.2) is 0 Å². The highest BCUT2D eigenvalue weighted by atomic mass is 16.2. The van der Waals surface area contributed by atoms with E-state index >= 15 is 0 Å². The van der Waals surface area contributed by atoms with E-state index in [-0.39, 0.29) is 11.9 Å². The molecule has 3 aliphatic heterocycles. The van der Waals surface area contributed by atoms with E-state index in [1.54, 1.807) is 29.2 Å². The van der Waals surface area contributed by atoms with Crippen LogP contribution in [0.1, 0.15) is 43.7 Å². The van der Waals surface area contributed by atoms with Crippen LogP contribution in [-0.2, 0) is 11.3 Å². The summed E-state index contributed by atoms with van der Waals surface area (Å²) in [6.45, 7) is 7.11. The zero-order valence-electron chi connectivity index (χ0n) is 19.7. The fraction of sp³-hybridized carbons (Fsp3) is 0.444. The molecule has 7 nitrogen and oxygen atoms in total. The molecule has 7 heteroatoms. The van der Waals surface area contributed by atoms with E-state index in [4.69, 9.17) is 5.26 Å².